The molecule has 0 atom stereocenters. The second kappa shape index (κ2) is 10.8. The van der Waals surface area contributed by atoms with E-state index >= 15 is 0 Å². The first kappa shape index (κ1) is 25.4. The minimum Gasteiger partial charge on any atom is -0.507 e. The van der Waals surface area contributed by atoms with Crippen molar-refractivity contribution in [2.45, 2.75) is 4.90 Å². The summed E-state index contributed by atoms with van der Waals surface area (Å²) in [6.07, 6.45) is 0. The molecule has 3 aromatic rings. The fourth-order valence-corrected chi connectivity index (χ4v) is 4.19. The molecule has 0 aromatic heterocycles. The number of anilines is 1. The summed E-state index contributed by atoms with van der Waals surface area (Å²) in [5.74, 6) is -1.25. The van der Waals surface area contributed by atoms with Crippen LogP contribution in [0.2, 0.25) is 0 Å². The van der Waals surface area contributed by atoms with Crippen molar-refractivity contribution in [3.8, 4) is 23.0 Å². The number of esters is 1. The Kier molecular flexibility index (Phi) is 7.82. The zero-order valence-electron chi connectivity index (χ0n) is 19.1. The lowest BCUT2D eigenvalue weighted by atomic mass is 10.1. The Morgan fingerprint density at radius 1 is 0.857 bits per heavy atom. The minimum absolute atomic E-state index is 0.126. The number of sulfonamides is 1. The van der Waals surface area contributed by atoms with E-state index in [4.69, 9.17) is 18.9 Å². The van der Waals surface area contributed by atoms with Gasteiger partial charge in [-0.2, -0.15) is 0 Å². The summed E-state index contributed by atoms with van der Waals surface area (Å²) >= 11 is 0. The standard InChI is InChI=1S/C24H23NO9S/c1-31-15-8-11-22(32-2)17(12-15)21(27)14-34-24(28)18-13-16(9-10-20(18)26)35(29,30)25-19-6-4-5-7-23(19)33-3/h4-13,25-26H,14H2,1-3H3. The third-order valence-electron chi connectivity index (χ3n) is 4.89. The fourth-order valence-electron chi connectivity index (χ4n) is 3.10. The normalized spacial score (nSPS) is 10.8. The quantitative estimate of drug-likeness (QED) is 0.317. The lowest BCUT2D eigenvalue weighted by Gasteiger charge is -2.13. The number of carbonyl (C=O) groups excluding carboxylic acids is 2. The Morgan fingerprint density at radius 3 is 2.26 bits per heavy atom. The van der Waals surface area contributed by atoms with Gasteiger partial charge >= 0.3 is 5.97 Å². The zero-order chi connectivity index (χ0) is 25.6. The molecule has 0 spiro atoms. The van der Waals surface area contributed by atoms with E-state index in [1.807, 2.05) is 0 Å². The van der Waals surface area contributed by atoms with E-state index in [2.05, 4.69) is 4.72 Å². The average molecular weight is 502 g/mol. The van der Waals surface area contributed by atoms with Crippen LogP contribution in [0.15, 0.2) is 65.6 Å². The molecule has 3 aromatic carbocycles. The average Bonchev–Trinajstić information content (AvgIpc) is 2.86. The number of aromatic hydroxyl groups is 1. The van der Waals surface area contributed by atoms with Crippen LogP contribution in [0.5, 0.6) is 23.0 Å². The van der Waals surface area contributed by atoms with Gasteiger partial charge in [0.2, 0.25) is 5.78 Å². The predicted octanol–water partition coefficient (Wildman–Crippen LogP) is 3.26. The van der Waals surface area contributed by atoms with E-state index < -0.39 is 39.7 Å². The number of ketones is 1. The molecule has 0 aliphatic carbocycles. The monoisotopic (exact) mass is 501 g/mol. The van der Waals surface area contributed by atoms with Crippen molar-refractivity contribution in [1.82, 2.24) is 0 Å². The van der Waals surface area contributed by atoms with Crippen molar-refractivity contribution in [2.24, 2.45) is 0 Å². The second-order valence-corrected chi connectivity index (χ2v) is 8.73. The first-order valence-corrected chi connectivity index (χ1v) is 11.6. The number of phenolic OH excluding ortho intramolecular Hbond substituents is 1. The molecule has 0 aliphatic heterocycles. The molecule has 0 heterocycles. The molecule has 184 valence electrons. The lowest BCUT2D eigenvalue weighted by Crippen LogP contribution is -2.17. The molecule has 0 saturated heterocycles. The van der Waals surface area contributed by atoms with Gasteiger partial charge in [0.25, 0.3) is 10.0 Å². The van der Waals surface area contributed by atoms with Crippen LogP contribution in [0.4, 0.5) is 5.69 Å². The maximum atomic E-state index is 12.9. The van der Waals surface area contributed by atoms with Gasteiger partial charge in [0.15, 0.2) is 6.61 Å². The highest BCUT2D eigenvalue weighted by Crippen LogP contribution is 2.29. The zero-order valence-corrected chi connectivity index (χ0v) is 19.9. The number of carbonyl (C=O) groups is 2. The Hall–Kier alpha value is -4.25. The molecule has 35 heavy (non-hydrogen) atoms. The van der Waals surface area contributed by atoms with Crippen molar-refractivity contribution < 1.29 is 42.1 Å². The van der Waals surface area contributed by atoms with E-state index in [0.717, 1.165) is 18.2 Å². The number of hydrogen-bond acceptors (Lipinski definition) is 9. The Morgan fingerprint density at radius 2 is 1.57 bits per heavy atom. The number of hydrogen-bond donors (Lipinski definition) is 2. The molecule has 0 aliphatic rings. The number of phenols is 1. The summed E-state index contributed by atoms with van der Waals surface area (Å²) in [4.78, 5) is 24.9. The van der Waals surface area contributed by atoms with Crippen molar-refractivity contribution in [2.75, 3.05) is 32.7 Å². The molecular formula is C24H23NO9S. The van der Waals surface area contributed by atoms with Crippen molar-refractivity contribution >= 4 is 27.5 Å². The van der Waals surface area contributed by atoms with E-state index in [1.165, 1.54) is 39.5 Å². The minimum atomic E-state index is -4.16. The third kappa shape index (κ3) is 5.82. The number of nitrogens with one attached hydrogen (secondary N) is 1. The van der Waals surface area contributed by atoms with Crippen LogP contribution >= 0.6 is 0 Å². The molecule has 0 unspecified atom stereocenters. The van der Waals surface area contributed by atoms with Crippen LogP contribution < -0.4 is 18.9 Å². The molecule has 3 rings (SSSR count). The van der Waals surface area contributed by atoms with E-state index in [-0.39, 0.29) is 21.9 Å². The predicted molar refractivity (Wildman–Crippen MR) is 126 cm³/mol. The number of para-hydroxylation sites is 2. The van der Waals surface area contributed by atoms with Gasteiger partial charge in [0.05, 0.1) is 37.5 Å². The van der Waals surface area contributed by atoms with Gasteiger partial charge in [0, 0.05) is 0 Å². The number of rotatable bonds is 10. The van der Waals surface area contributed by atoms with Gasteiger partial charge in [-0.25, -0.2) is 13.2 Å². The first-order chi connectivity index (χ1) is 16.7. The summed E-state index contributed by atoms with van der Waals surface area (Å²) in [5, 5.41) is 10.1. The number of Topliss-reactive ketones (excluding diaryl/α,β-unsaturated/α-hetero) is 1. The molecule has 0 saturated carbocycles. The van der Waals surface area contributed by atoms with Gasteiger partial charge in [-0.15, -0.1) is 0 Å². The number of methoxy groups -OCH3 is 3. The fraction of sp³-hybridized carbons (Fsp3) is 0.167. The summed E-state index contributed by atoms with van der Waals surface area (Å²) < 4.78 is 48.5. The van der Waals surface area contributed by atoms with Gasteiger partial charge in [-0.3, -0.25) is 9.52 Å². The van der Waals surface area contributed by atoms with Gasteiger partial charge < -0.3 is 24.1 Å². The largest absolute Gasteiger partial charge is 0.507 e. The molecule has 0 bridgehead atoms. The van der Waals surface area contributed by atoms with Crippen LogP contribution in [0.3, 0.4) is 0 Å². The van der Waals surface area contributed by atoms with E-state index in [1.54, 1.807) is 24.3 Å². The molecular weight excluding hydrogens is 478 g/mol. The highest BCUT2D eigenvalue weighted by atomic mass is 32.2. The number of benzene rings is 3. The van der Waals surface area contributed by atoms with E-state index in [0.29, 0.717) is 11.5 Å². The lowest BCUT2D eigenvalue weighted by molar-refractivity contribution is 0.0470. The maximum absolute atomic E-state index is 12.9. The van der Waals surface area contributed by atoms with Gasteiger partial charge in [-0.1, -0.05) is 12.1 Å². The van der Waals surface area contributed by atoms with Crippen molar-refractivity contribution in [1.29, 1.82) is 0 Å². The summed E-state index contributed by atoms with van der Waals surface area (Å²) in [6, 6.07) is 14.1. The Labute approximate surface area is 202 Å². The first-order valence-electron chi connectivity index (χ1n) is 10.1. The third-order valence-corrected chi connectivity index (χ3v) is 6.25. The topological polar surface area (TPSA) is 137 Å². The van der Waals surface area contributed by atoms with Crippen LogP contribution in [0.25, 0.3) is 0 Å². The Bertz CT molecular complexity index is 1350. The summed E-state index contributed by atoms with van der Waals surface area (Å²) in [7, 11) is 0.0529. The molecule has 0 fully saturated rings. The maximum Gasteiger partial charge on any atom is 0.342 e. The van der Waals surface area contributed by atoms with Crippen LogP contribution in [-0.4, -0.2) is 53.2 Å². The smallest absolute Gasteiger partial charge is 0.342 e. The molecule has 10 nitrogen and oxygen atoms in total. The number of ether oxygens (including phenoxy) is 4. The van der Waals surface area contributed by atoms with Gasteiger partial charge in [-0.05, 0) is 48.5 Å². The molecule has 2 N–H and O–H groups in total. The summed E-state index contributed by atoms with van der Waals surface area (Å²) in [5.41, 5.74) is -0.121. The Balaban J connectivity index is 1.80. The summed E-state index contributed by atoms with van der Waals surface area (Å²) in [6.45, 7) is -0.682. The van der Waals surface area contributed by atoms with Crippen LogP contribution in [-0.2, 0) is 14.8 Å². The molecule has 11 heteroatoms. The molecule has 0 amide bonds. The SMILES string of the molecule is COc1ccc(OC)c(C(=O)COC(=O)c2cc(S(=O)(=O)Nc3ccccc3OC)ccc2O)c1. The van der Waals surface area contributed by atoms with Crippen LogP contribution in [0, 0.1) is 0 Å². The van der Waals surface area contributed by atoms with Crippen molar-refractivity contribution in [3.05, 3.63) is 71.8 Å². The molecule has 0 radical (unpaired) electrons. The van der Waals surface area contributed by atoms with Crippen LogP contribution in [0.1, 0.15) is 20.7 Å². The highest BCUT2D eigenvalue weighted by Gasteiger charge is 2.23. The second-order valence-electron chi connectivity index (χ2n) is 7.05. The highest BCUT2D eigenvalue weighted by molar-refractivity contribution is 7.92. The van der Waals surface area contributed by atoms with Gasteiger partial charge in [0.1, 0.15) is 28.6 Å². The van der Waals surface area contributed by atoms with E-state index in [9.17, 15) is 23.1 Å². The van der Waals surface area contributed by atoms with Crippen molar-refractivity contribution in [3.63, 3.8) is 0 Å².